The number of hydrazone groups is 1. The number of amidine groups is 1. The molecule has 4 nitrogen and oxygen atoms in total. The summed E-state index contributed by atoms with van der Waals surface area (Å²) in [5.41, 5.74) is 5.67. The lowest BCUT2D eigenvalue weighted by Gasteiger charge is -2.17. The van der Waals surface area contributed by atoms with Crippen LogP contribution in [0.15, 0.2) is 5.10 Å². The minimum atomic E-state index is 0.423. The lowest BCUT2D eigenvalue weighted by molar-refractivity contribution is 0.259. The van der Waals surface area contributed by atoms with Gasteiger partial charge in [0.15, 0.2) is 0 Å². The van der Waals surface area contributed by atoms with E-state index in [0.29, 0.717) is 5.92 Å². The lowest BCUT2D eigenvalue weighted by Crippen LogP contribution is -2.27. The van der Waals surface area contributed by atoms with Crippen molar-refractivity contribution in [3.05, 3.63) is 0 Å². The van der Waals surface area contributed by atoms with Gasteiger partial charge in [0.2, 0.25) is 0 Å². The van der Waals surface area contributed by atoms with Gasteiger partial charge in [0.05, 0.1) is 0 Å². The first kappa shape index (κ1) is 9.32. The largest absolute Gasteiger partial charge is 0.385 e. The monoisotopic (exact) mass is 170 g/mol. The molecule has 0 saturated carbocycles. The van der Waals surface area contributed by atoms with E-state index in [4.69, 9.17) is 5.73 Å². The third-order valence-corrected chi connectivity index (χ3v) is 2.05. The molecule has 0 aromatic carbocycles. The molecule has 0 aromatic rings. The normalized spacial score (nSPS) is 23.5. The Morgan fingerprint density at radius 2 is 2.33 bits per heavy atom. The second kappa shape index (κ2) is 3.76. The highest BCUT2D eigenvalue weighted by Gasteiger charge is 2.19. The molecule has 1 aliphatic heterocycles. The molecule has 12 heavy (non-hydrogen) atoms. The van der Waals surface area contributed by atoms with E-state index in [9.17, 15) is 0 Å². The predicted molar refractivity (Wildman–Crippen MR) is 50.9 cm³/mol. The minimum Gasteiger partial charge on any atom is -0.385 e. The van der Waals surface area contributed by atoms with E-state index < -0.39 is 0 Å². The molecule has 0 radical (unpaired) electrons. The van der Waals surface area contributed by atoms with Gasteiger partial charge in [0.1, 0.15) is 5.84 Å². The molecule has 0 fully saturated rings. The van der Waals surface area contributed by atoms with Crippen molar-refractivity contribution in [1.29, 1.82) is 0 Å². The third-order valence-electron chi connectivity index (χ3n) is 2.05. The minimum absolute atomic E-state index is 0.423. The molecule has 1 heterocycles. The third kappa shape index (κ3) is 2.37. The maximum Gasteiger partial charge on any atom is 0.124 e. The van der Waals surface area contributed by atoms with Crippen molar-refractivity contribution in [2.75, 3.05) is 33.7 Å². The van der Waals surface area contributed by atoms with Crippen molar-refractivity contribution in [3.8, 4) is 0 Å². The highest BCUT2D eigenvalue weighted by molar-refractivity contribution is 5.83. The van der Waals surface area contributed by atoms with Crippen LogP contribution in [-0.4, -0.2) is 49.5 Å². The summed E-state index contributed by atoms with van der Waals surface area (Å²) in [4.78, 5) is 2.15. The van der Waals surface area contributed by atoms with Crippen LogP contribution in [0.4, 0.5) is 0 Å². The molecular weight excluding hydrogens is 152 g/mol. The fourth-order valence-corrected chi connectivity index (χ4v) is 1.17. The van der Waals surface area contributed by atoms with Gasteiger partial charge in [-0.3, -0.25) is 5.01 Å². The van der Waals surface area contributed by atoms with Gasteiger partial charge < -0.3 is 10.6 Å². The van der Waals surface area contributed by atoms with Crippen LogP contribution < -0.4 is 5.73 Å². The summed E-state index contributed by atoms with van der Waals surface area (Å²) in [6.07, 6.45) is 0. The van der Waals surface area contributed by atoms with Crippen LogP contribution in [0.25, 0.3) is 0 Å². The topological polar surface area (TPSA) is 44.9 Å². The molecule has 0 aliphatic carbocycles. The lowest BCUT2D eigenvalue weighted by atomic mass is 10.2. The molecule has 0 bridgehead atoms. The fourth-order valence-electron chi connectivity index (χ4n) is 1.17. The zero-order chi connectivity index (χ0) is 9.14. The molecule has 1 unspecified atom stereocenters. The molecule has 0 aromatic heterocycles. The SMILES string of the molecule is CC1CN(CCN(C)C)N=C1N. The van der Waals surface area contributed by atoms with E-state index in [1.165, 1.54) is 0 Å². The van der Waals surface area contributed by atoms with Gasteiger partial charge in [-0.25, -0.2) is 0 Å². The van der Waals surface area contributed by atoms with Gasteiger partial charge in [-0.05, 0) is 14.1 Å². The Balaban J connectivity index is 2.28. The quantitative estimate of drug-likeness (QED) is 0.636. The van der Waals surface area contributed by atoms with Crippen molar-refractivity contribution >= 4 is 5.84 Å². The van der Waals surface area contributed by atoms with Gasteiger partial charge in [0.25, 0.3) is 0 Å². The summed E-state index contributed by atoms with van der Waals surface area (Å²) < 4.78 is 0. The summed E-state index contributed by atoms with van der Waals surface area (Å²) in [6, 6.07) is 0. The van der Waals surface area contributed by atoms with E-state index in [2.05, 4.69) is 31.0 Å². The number of hydrogen-bond acceptors (Lipinski definition) is 4. The van der Waals surface area contributed by atoms with Crippen LogP contribution in [0, 0.1) is 5.92 Å². The Kier molecular flexibility index (Phi) is 2.92. The highest BCUT2D eigenvalue weighted by Crippen LogP contribution is 2.08. The molecule has 4 heteroatoms. The van der Waals surface area contributed by atoms with E-state index in [0.717, 1.165) is 25.5 Å². The maximum atomic E-state index is 5.67. The fraction of sp³-hybridized carbons (Fsp3) is 0.875. The summed E-state index contributed by atoms with van der Waals surface area (Å²) >= 11 is 0. The van der Waals surface area contributed by atoms with Crippen molar-refractivity contribution in [2.24, 2.45) is 16.8 Å². The Morgan fingerprint density at radius 1 is 1.67 bits per heavy atom. The Hall–Kier alpha value is -0.770. The average molecular weight is 170 g/mol. The summed E-state index contributed by atoms with van der Waals surface area (Å²) in [5.74, 6) is 1.20. The molecule has 0 saturated heterocycles. The standard InChI is InChI=1S/C8H18N4/c1-7-6-12(10-8(7)9)5-4-11(2)3/h7H,4-6H2,1-3H3,(H2,9,10). The van der Waals surface area contributed by atoms with E-state index in [1.807, 2.05) is 5.01 Å². The summed E-state index contributed by atoms with van der Waals surface area (Å²) in [7, 11) is 4.12. The highest BCUT2D eigenvalue weighted by atomic mass is 15.5. The zero-order valence-electron chi connectivity index (χ0n) is 8.12. The van der Waals surface area contributed by atoms with E-state index in [-0.39, 0.29) is 0 Å². The number of nitrogens with two attached hydrogens (primary N) is 1. The maximum absolute atomic E-state index is 5.67. The number of nitrogens with zero attached hydrogens (tertiary/aromatic N) is 3. The van der Waals surface area contributed by atoms with Crippen LogP contribution in [0.2, 0.25) is 0 Å². The smallest absolute Gasteiger partial charge is 0.124 e. The second-order valence-electron chi connectivity index (χ2n) is 3.64. The van der Waals surface area contributed by atoms with Crippen LogP contribution in [0.3, 0.4) is 0 Å². The van der Waals surface area contributed by atoms with Crippen LogP contribution in [0.5, 0.6) is 0 Å². The Labute approximate surface area is 74.0 Å². The second-order valence-corrected chi connectivity index (χ2v) is 3.64. The van der Waals surface area contributed by atoms with Gasteiger partial charge in [0, 0.05) is 25.6 Å². The molecule has 1 atom stereocenters. The Morgan fingerprint density at radius 3 is 2.75 bits per heavy atom. The molecule has 70 valence electrons. The van der Waals surface area contributed by atoms with E-state index in [1.54, 1.807) is 0 Å². The average Bonchev–Trinajstić information content (AvgIpc) is 2.28. The first-order chi connectivity index (χ1) is 5.59. The molecule has 0 spiro atoms. The summed E-state index contributed by atoms with van der Waals surface area (Å²) in [5, 5.41) is 6.28. The van der Waals surface area contributed by atoms with E-state index >= 15 is 0 Å². The molecule has 2 N–H and O–H groups in total. The molecule has 0 amide bonds. The first-order valence-electron chi connectivity index (χ1n) is 4.33. The van der Waals surface area contributed by atoms with Gasteiger partial charge in [-0.1, -0.05) is 6.92 Å². The first-order valence-corrected chi connectivity index (χ1v) is 4.33. The van der Waals surface area contributed by atoms with Crippen LogP contribution >= 0.6 is 0 Å². The van der Waals surface area contributed by atoms with Gasteiger partial charge >= 0.3 is 0 Å². The van der Waals surface area contributed by atoms with Crippen molar-refractivity contribution < 1.29 is 0 Å². The van der Waals surface area contributed by atoms with Crippen LogP contribution in [0.1, 0.15) is 6.92 Å². The van der Waals surface area contributed by atoms with Gasteiger partial charge in [-0.2, -0.15) is 5.10 Å². The number of hydrogen-bond donors (Lipinski definition) is 1. The molecular formula is C8H18N4. The predicted octanol–water partition coefficient (Wildman–Crippen LogP) is -0.228. The Bertz CT molecular complexity index is 176. The van der Waals surface area contributed by atoms with Crippen molar-refractivity contribution in [2.45, 2.75) is 6.92 Å². The van der Waals surface area contributed by atoms with Crippen LogP contribution in [-0.2, 0) is 0 Å². The zero-order valence-corrected chi connectivity index (χ0v) is 8.12. The van der Waals surface area contributed by atoms with Crippen molar-refractivity contribution in [1.82, 2.24) is 9.91 Å². The molecule has 1 rings (SSSR count). The molecule has 1 aliphatic rings. The van der Waals surface area contributed by atoms with Crippen molar-refractivity contribution in [3.63, 3.8) is 0 Å². The summed E-state index contributed by atoms with van der Waals surface area (Å²) in [6.45, 7) is 5.08. The number of rotatable bonds is 3. The number of likely N-dealkylation sites (N-methyl/N-ethyl adjacent to an activating group) is 1. The van der Waals surface area contributed by atoms with Gasteiger partial charge in [-0.15, -0.1) is 0 Å².